The molecule has 0 aliphatic rings. The maximum atomic E-state index is 12.3. The van der Waals surface area contributed by atoms with Gasteiger partial charge in [-0.1, -0.05) is 18.2 Å². The Morgan fingerprint density at radius 3 is 2.22 bits per heavy atom. The molecule has 1 heterocycles. The number of alkyl halides is 3. The lowest BCUT2D eigenvalue weighted by molar-refractivity contribution is -0.0500. The average molecular weight is 358 g/mol. The fourth-order valence-corrected chi connectivity index (χ4v) is 3.50. The van der Waals surface area contributed by atoms with Gasteiger partial charge in [-0.3, -0.25) is 0 Å². The van der Waals surface area contributed by atoms with Crippen molar-refractivity contribution < 1.29 is 25.8 Å². The molecule has 0 spiro atoms. The van der Waals surface area contributed by atoms with Crippen LogP contribution in [0.5, 0.6) is 5.75 Å². The first-order valence-corrected chi connectivity index (χ1v) is 8.58. The van der Waals surface area contributed by atoms with Crippen LogP contribution >= 0.6 is 11.3 Å². The first-order valence-electron chi connectivity index (χ1n) is 6.36. The lowest BCUT2D eigenvalue weighted by Crippen LogP contribution is -2.27. The van der Waals surface area contributed by atoms with E-state index in [1.54, 1.807) is 0 Å². The van der Waals surface area contributed by atoms with E-state index in [0.29, 0.717) is 0 Å². The lowest BCUT2D eigenvalue weighted by Gasteiger charge is -2.09. The zero-order valence-corrected chi connectivity index (χ0v) is 13.0. The molecular formula is C15H9F3O3S2. The third kappa shape index (κ3) is 3.18. The zero-order chi connectivity index (χ0) is 16.7. The van der Waals surface area contributed by atoms with Gasteiger partial charge in [-0.25, -0.2) is 0 Å². The van der Waals surface area contributed by atoms with Crippen molar-refractivity contribution in [2.24, 2.45) is 0 Å². The van der Waals surface area contributed by atoms with Crippen LogP contribution in [0.1, 0.15) is 0 Å². The minimum atomic E-state index is -5.65. The zero-order valence-electron chi connectivity index (χ0n) is 11.4. The molecule has 0 unspecified atom stereocenters. The molecule has 3 nitrogen and oxygen atoms in total. The minimum Gasteiger partial charge on any atom is -0.376 e. The Morgan fingerprint density at radius 1 is 0.957 bits per heavy atom. The van der Waals surface area contributed by atoms with E-state index in [4.69, 9.17) is 0 Å². The van der Waals surface area contributed by atoms with Gasteiger partial charge in [0.1, 0.15) is 5.75 Å². The predicted octanol–water partition coefficient (Wildman–Crippen LogP) is 4.80. The van der Waals surface area contributed by atoms with Crippen molar-refractivity contribution in [1.29, 1.82) is 0 Å². The molecule has 0 aliphatic carbocycles. The van der Waals surface area contributed by atoms with Crippen molar-refractivity contribution in [2.45, 2.75) is 5.51 Å². The van der Waals surface area contributed by atoms with Gasteiger partial charge in [-0.05, 0) is 47.3 Å². The van der Waals surface area contributed by atoms with Crippen LogP contribution in [0.3, 0.4) is 0 Å². The Bertz CT molecular complexity index is 909. The molecular weight excluding hydrogens is 349 g/mol. The SMILES string of the molecule is O=S(=O)(Oc1ccc(-c2cc3ccccc3s2)cc1)C(F)(F)F. The highest BCUT2D eigenvalue weighted by Gasteiger charge is 2.48. The van der Waals surface area contributed by atoms with Crippen LogP contribution in [-0.4, -0.2) is 13.9 Å². The van der Waals surface area contributed by atoms with Crippen molar-refractivity contribution >= 4 is 31.5 Å². The first-order chi connectivity index (χ1) is 10.8. The van der Waals surface area contributed by atoms with E-state index in [0.717, 1.165) is 20.5 Å². The van der Waals surface area contributed by atoms with Crippen molar-refractivity contribution in [1.82, 2.24) is 0 Å². The van der Waals surface area contributed by atoms with Crippen LogP contribution in [-0.2, 0) is 10.1 Å². The molecule has 0 atom stereocenters. The summed E-state index contributed by atoms with van der Waals surface area (Å²) in [7, 11) is -5.65. The normalized spacial score (nSPS) is 12.5. The van der Waals surface area contributed by atoms with Crippen LogP contribution in [0.15, 0.2) is 54.6 Å². The average Bonchev–Trinajstić information content (AvgIpc) is 2.90. The van der Waals surface area contributed by atoms with E-state index in [9.17, 15) is 21.6 Å². The van der Waals surface area contributed by atoms with Gasteiger partial charge in [0.25, 0.3) is 0 Å². The molecule has 0 saturated carbocycles. The van der Waals surface area contributed by atoms with Crippen LogP contribution in [0.4, 0.5) is 13.2 Å². The van der Waals surface area contributed by atoms with Gasteiger partial charge in [0.05, 0.1) is 0 Å². The Hall–Kier alpha value is -2.06. The Kier molecular flexibility index (Phi) is 3.81. The molecule has 1 aromatic heterocycles. The van der Waals surface area contributed by atoms with E-state index in [-0.39, 0.29) is 5.75 Å². The Labute approximate surface area is 134 Å². The standard InChI is InChI=1S/C15H9F3O3S2/c16-15(17,18)23(19,20)21-12-7-5-10(6-8-12)14-9-11-3-1-2-4-13(11)22-14/h1-9H. The van der Waals surface area contributed by atoms with Gasteiger partial charge in [0.2, 0.25) is 0 Å². The van der Waals surface area contributed by atoms with Crippen molar-refractivity contribution in [2.75, 3.05) is 0 Å². The Morgan fingerprint density at radius 2 is 1.61 bits per heavy atom. The highest BCUT2D eigenvalue weighted by molar-refractivity contribution is 7.88. The summed E-state index contributed by atoms with van der Waals surface area (Å²) in [5.41, 5.74) is -4.68. The van der Waals surface area contributed by atoms with Gasteiger partial charge in [0, 0.05) is 9.58 Å². The van der Waals surface area contributed by atoms with Gasteiger partial charge >= 0.3 is 15.6 Å². The van der Waals surface area contributed by atoms with E-state index >= 15 is 0 Å². The van der Waals surface area contributed by atoms with Crippen molar-refractivity contribution in [3.63, 3.8) is 0 Å². The van der Waals surface area contributed by atoms with Crippen molar-refractivity contribution in [3.8, 4) is 16.2 Å². The fourth-order valence-electron chi connectivity index (χ4n) is 1.97. The molecule has 0 bridgehead atoms. The molecule has 0 radical (unpaired) electrons. The maximum Gasteiger partial charge on any atom is 0.534 e. The summed E-state index contributed by atoms with van der Waals surface area (Å²) in [6.07, 6.45) is 0. The van der Waals surface area contributed by atoms with Gasteiger partial charge in [-0.15, -0.1) is 11.3 Å². The molecule has 0 aliphatic heterocycles. The summed E-state index contributed by atoms with van der Waals surface area (Å²) in [6.45, 7) is 0. The third-order valence-corrected chi connectivity index (χ3v) is 5.20. The number of thiophene rings is 1. The molecule has 23 heavy (non-hydrogen) atoms. The summed E-state index contributed by atoms with van der Waals surface area (Å²) >= 11 is 1.53. The van der Waals surface area contributed by atoms with Crippen LogP contribution in [0.2, 0.25) is 0 Å². The number of hydrogen-bond acceptors (Lipinski definition) is 4. The molecule has 8 heteroatoms. The van der Waals surface area contributed by atoms with E-state index in [1.165, 1.54) is 35.6 Å². The van der Waals surface area contributed by atoms with Crippen LogP contribution in [0, 0.1) is 0 Å². The number of fused-ring (bicyclic) bond motifs is 1. The third-order valence-electron chi connectivity index (χ3n) is 3.05. The minimum absolute atomic E-state index is 0.382. The second-order valence-electron chi connectivity index (χ2n) is 4.66. The van der Waals surface area contributed by atoms with Gasteiger partial charge in [-0.2, -0.15) is 21.6 Å². The van der Waals surface area contributed by atoms with E-state index < -0.39 is 15.6 Å². The highest BCUT2D eigenvalue weighted by atomic mass is 32.2. The molecule has 3 aromatic rings. The molecule has 0 amide bonds. The molecule has 0 fully saturated rings. The number of halogens is 3. The molecule has 2 aromatic carbocycles. The summed E-state index contributed by atoms with van der Waals surface area (Å²) in [6, 6.07) is 15.2. The topological polar surface area (TPSA) is 43.4 Å². The van der Waals surface area contributed by atoms with Gasteiger partial charge in [0.15, 0.2) is 0 Å². The summed E-state index contributed by atoms with van der Waals surface area (Å²) in [5, 5.41) is 1.06. The molecule has 0 N–H and O–H groups in total. The summed E-state index contributed by atoms with van der Waals surface area (Å²) in [5.74, 6) is -0.382. The summed E-state index contributed by atoms with van der Waals surface area (Å²) < 4.78 is 63.9. The number of benzene rings is 2. The monoisotopic (exact) mass is 358 g/mol. The number of hydrogen-bond donors (Lipinski definition) is 0. The maximum absolute atomic E-state index is 12.3. The van der Waals surface area contributed by atoms with Crippen LogP contribution < -0.4 is 4.18 Å². The molecule has 120 valence electrons. The largest absolute Gasteiger partial charge is 0.534 e. The van der Waals surface area contributed by atoms with Gasteiger partial charge < -0.3 is 4.18 Å². The smallest absolute Gasteiger partial charge is 0.376 e. The van der Waals surface area contributed by atoms with Crippen LogP contribution in [0.25, 0.3) is 20.5 Å². The Balaban J connectivity index is 1.88. The predicted molar refractivity (Wildman–Crippen MR) is 82.9 cm³/mol. The quantitative estimate of drug-likeness (QED) is 0.499. The van der Waals surface area contributed by atoms with E-state index in [2.05, 4.69) is 4.18 Å². The lowest BCUT2D eigenvalue weighted by atomic mass is 10.1. The summed E-state index contributed by atoms with van der Waals surface area (Å²) in [4.78, 5) is 0.927. The second-order valence-corrected chi connectivity index (χ2v) is 7.28. The first kappa shape index (κ1) is 15.8. The number of rotatable bonds is 3. The molecule has 0 saturated heterocycles. The highest BCUT2D eigenvalue weighted by Crippen LogP contribution is 2.34. The second kappa shape index (κ2) is 5.54. The van der Waals surface area contributed by atoms with Crippen molar-refractivity contribution in [3.05, 3.63) is 54.6 Å². The fraction of sp³-hybridized carbons (Fsp3) is 0.0667. The molecule has 3 rings (SSSR count). The van der Waals surface area contributed by atoms with E-state index in [1.807, 2.05) is 30.3 Å².